The molecule has 7 heteroatoms. The van der Waals surface area contributed by atoms with Gasteiger partial charge in [0.05, 0.1) is 12.5 Å². The molecule has 0 radical (unpaired) electrons. The van der Waals surface area contributed by atoms with Crippen molar-refractivity contribution in [3.8, 4) is 0 Å². The predicted molar refractivity (Wildman–Crippen MR) is 66.1 cm³/mol. The first-order valence-electron chi connectivity index (χ1n) is 5.48. The van der Waals surface area contributed by atoms with Gasteiger partial charge in [0.25, 0.3) is 0 Å². The van der Waals surface area contributed by atoms with E-state index < -0.39 is 0 Å². The zero-order chi connectivity index (χ0) is 11.8. The molecule has 0 aliphatic carbocycles. The molecule has 0 spiro atoms. The smallest absolute Gasteiger partial charge is 0.225 e. The van der Waals surface area contributed by atoms with E-state index in [-0.39, 0.29) is 30.1 Å². The van der Waals surface area contributed by atoms with Crippen molar-refractivity contribution in [2.24, 2.45) is 5.92 Å². The molecule has 0 bridgehead atoms. The van der Waals surface area contributed by atoms with Gasteiger partial charge in [0.15, 0.2) is 0 Å². The van der Waals surface area contributed by atoms with Gasteiger partial charge in [0, 0.05) is 39.7 Å². The van der Waals surface area contributed by atoms with Crippen LogP contribution in [0.15, 0.2) is 0 Å². The highest BCUT2D eigenvalue weighted by Gasteiger charge is 2.27. The number of amides is 2. The van der Waals surface area contributed by atoms with E-state index in [9.17, 15) is 9.59 Å². The van der Waals surface area contributed by atoms with Crippen LogP contribution in [-0.4, -0.2) is 51.7 Å². The summed E-state index contributed by atoms with van der Waals surface area (Å²) in [7, 11) is 1.65. The highest BCUT2D eigenvalue weighted by molar-refractivity contribution is 5.89. The van der Waals surface area contributed by atoms with Gasteiger partial charge in [0.2, 0.25) is 11.8 Å². The standard InChI is InChI=1S/C10H19N3O3.ClH/c1-16-5-4-11-2-3-12-10(15)8-6-9(14)13-7-8;/h8,11H,2-7H2,1H3,(H,12,15)(H,13,14);1H. The quantitative estimate of drug-likeness (QED) is 0.511. The van der Waals surface area contributed by atoms with Crippen LogP contribution in [0, 0.1) is 5.92 Å². The lowest BCUT2D eigenvalue weighted by molar-refractivity contribution is -0.126. The average Bonchev–Trinajstić information content (AvgIpc) is 2.70. The van der Waals surface area contributed by atoms with E-state index in [0.29, 0.717) is 32.7 Å². The molecule has 2 amide bonds. The largest absolute Gasteiger partial charge is 0.383 e. The fraction of sp³-hybridized carbons (Fsp3) is 0.800. The van der Waals surface area contributed by atoms with Crippen LogP contribution in [0.25, 0.3) is 0 Å². The molecule has 1 atom stereocenters. The molecule has 1 rings (SSSR count). The van der Waals surface area contributed by atoms with Crippen molar-refractivity contribution in [1.29, 1.82) is 0 Å². The maximum Gasteiger partial charge on any atom is 0.225 e. The molecule has 1 aliphatic rings. The lowest BCUT2D eigenvalue weighted by Crippen LogP contribution is -2.37. The Kier molecular flexibility index (Phi) is 8.75. The van der Waals surface area contributed by atoms with Gasteiger partial charge in [-0.3, -0.25) is 9.59 Å². The Labute approximate surface area is 107 Å². The molecule has 0 aromatic heterocycles. The molecule has 1 aliphatic heterocycles. The van der Waals surface area contributed by atoms with Gasteiger partial charge >= 0.3 is 0 Å². The highest BCUT2D eigenvalue weighted by atomic mass is 35.5. The Hall–Kier alpha value is -0.850. The van der Waals surface area contributed by atoms with Crippen LogP contribution in [-0.2, 0) is 14.3 Å². The van der Waals surface area contributed by atoms with Crippen molar-refractivity contribution in [3.05, 3.63) is 0 Å². The molecule has 1 heterocycles. The molecule has 0 aromatic carbocycles. The number of halogens is 1. The first kappa shape index (κ1) is 16.1. The van der Waals surface area contributed by atoms with E-state index in [4.69, 9.17) is 4.74 Å². The van der Waals surface area contributed by atoms with Crippen LogP contribution >= 0.6 is 12.4 Å². The molecule has 3 N–H and O–H groups in total. The van der Waals surface area contributed by atoms with Crippen LogP contribution in [0.4, 0.5) is 0 Å². The lowest BCUT2D eigenvalue weighted by Gasteiger charge is -2.09. The predicted octanol–water partition coefficient (Wildman–Crippen LogP) is -1.10. The van der Waals surface area contributed by atoms with E-state index in [0.717, 1.165) is 6.54 Å². The molecule has 100 valence electrons. The van der Waals surface area contributed by atoms with E-state index >= 15 is 0 Å². The monoisotopic (exact) mass is 265 g/mol. The van der Waals surface area contributed by atoms with Crippen LogP contribution in [0.3, 0.4) is 0 Å². The summed E-state index contributed by atoms with van der Waals surface area (Å²) in [6.07, 6.45) is 0.308. The minimum Gasteiger partial charge on any atom is -0.383 e. The summed E-state index contributed by atoms with van der Waals surface area (Å²) in [5, 5.41) is 8.54. The summed E-state index contributed by atoms with van der Waals surface area (Å²) in [6, 6.07) is 0. The second-order valence-corrected chi connectivity index (χ2v) is 3.74. The van der Waals surface area contributed by atoms with Gasteiger partial charge < -0.3 is 20.7 Å². The van der Waals surface area contributed by atoms with Gasteiger partial charge in [-0.1, -0.05) is 0 Å². The van der Waals surface area contributed by atoms with Gasteiger partial charge in [0.1, 0.15) is 0 Å². The van der Waals surface area contributed by atoms with Crippen LogP contribution in [0.5, 0.6) is 0 Å². The molecule has 1 fully saturated rings. The minimum atomic E-state index is -0.202. The molecule has 17 heavy (non-hydrogen) atoms. The lowest BCUT2D eigenvalue weighted by atomic mass is 10.1. The Balaban J connectivity index is 0.00000256. The second-order valence-electron chi connectivity index (χ2n) is 3.74. The average molecular weight is 266 g/mol. The van der Waals surface area contributed by atoms with Crippen molar-refractivity contribution < 1.29 is 14.3 Å². The molecular formula is C10H20ClN3O3. The maximum atomic E-state index is 11.5. The van der Waals surface area contributed by atoms with E-state index in [2.05, 4.69) is 16.0 Å². The maximum absolute atomic E-state index is 11.5. The number of ether oxygens (including phenoxy) is 1. The van der Waals surface area contributed by atoms with Crippen molar-refractivity contribution in [1.82, 2.24) is 16.0 Å². The molecule has 6 nitrogen and oxygen atoms in total. The summed E-state index contributed by atoms with van der Waals surface area (Å²) in [4.78, 5) is 22.4. The van der Waals surface area contributed by atoms with E-state index in [1.165, 1.54) is 0 Å². The SMILES string of the molecule is COCCNCCNC(=O)C1CNC(=O)C1.Cl. The highest BCUT2D eigenvalue weighted by Crippen LogP contribution is 2.07. The topological polar surface area (TPSA) is 79.5 Å². The van der Waals surface area contributed by atoms with Gasteiger partial charge in [-0.15, -0.1) is 12.4 Å². The van der Waals surface area contributed by atoms with Gasteiger partial charge in [-0.2, -0.15) is 0 Å². The fourth-order valence-corrected chi connectivity index (χ4v) is 1.51. The first-order valence-corrected chi connectivity index (χ1v) is 5.48. The first-order chi connectivity index (χ1) is 7.74. The van der Waals surface area contributed by atoms with Gasteiger partial charge in [-0.05, 0) is 0 Å². The number of hydrogen-bond donors (Lipinski definition) is 3. The molecule has 1 unspecified atom stereocenters. The molecular weight excluding hydrogens is 246 g/mol. The van der Waals surface area contributed by atoms with Crippen molar-refractivity contribution in [2.75, 3.05) is 39.9 Å². The Morgan fingerprint density at radius 2 is 2.24 bits per heavy atom. The normalized spacial score (nSPS) is 18.4. The number of carbonyl (C=O) groups is 2. The third-order valence-electron chi connectivity index (χ3n) is 2.43. The third-order valence-corrected chi connectivity index (χ3v) is 2.43. The van der Waals surface area contributed by atoms with Gasteiger partial charge in [-0.25, -0.2) is 0 Å². The van der Waals surface area contributed by atoms with Crippen molar-refractivity contribution >= 4 is 24.2 Å². The fourth-order valence-electron chi connectivity index (χ4n) is 1.51. The second kappa shape index (κ2) is 9.21. The summed E-state index contributed by atoms with van der Waals surface area (Å²) >= 11 is 0. The number of carbonyl (C=O) groups excluding carboxylic acids is 2. The van der Waals surface area contributed by atoms with E-state index in [1.54, 1.807) is 7.11 Å². The summed E-state index contributed by atoms with van der Waals surface area (Å²) in [5.74, 6) is -0.295. The van der Waals surface area contributed by atoms with Crippen LogP contribution < -0.4 is 16.0 Å². The van der Waals surface area contributed by atoms with E-state index in [1.807, 2.05) is 0 Å². The Morgan fingerprint density at radius 1 is 1.47 bits per heavy atom. The van der Waals surface area contributed by atoms with Crippen LogP contribution in [0.2, 0.25) is 0 Å². The Morgan fingerprint density at radius 3 is 2.82 bits per heavy atom. The number of methoxy groups -OCH3 is 1. The Bertz CT molecular complexity index is 251. The zero-order valence-corrected chi connectivity index (χ0v) is 10.8. The van der Waals surface area contributed by atoms with Crippen molar-refractivity contribution in [3.63, 3.8) is 0 Å². The third kappa shape index (κ3) is 6.45. The molecule has 1 saturated heterocycles. The van der Waals surface area contributed by atoms with Crippen molar-refractivity contribution in [2.45, 2.75) is 6.42 Å². The summed E-state index contributed by atoms with van der Waals surface area (Å²) < 4.78 is 4.87. The number of hydrogen-bond acceptors (Lipinski definition) is 4. The number of nitrogens with one attached hydrogen (secondary N) is 3. The minimum absolute atomic E-state index is 0. The zero-order valence-electron chi connectivity index (χ0n) is 9.95. The summed E-state index contributed by atoms with van der Waals surface area (Å²) in [5.41, 5.74) is 0. The molecule has 0 aromatic rings. The molecule has 0 saturated carbocycles. The number of rotatable bonds is 7. The summed E-state index contributed by atoms with van der Waals surface area (Å²) in [6.45, 7) is 3.18. The van der Waals surface area contributed by atoms with Crippen LogP contribution in [0.1, 0.15) is 6.42 Å².